The third-order valence-electron chi connectivity index (χ3n) is 6.16. The SMILES string of the molecule is COc1ccc(CNC(C(=O)NCc2ccccc2)c2ccc(/C=C/C(=O)Nc3ccccc3N)cc2)cc1. The van der Waals surface area contributed by atoms with Crippen molar-refractivity contribution in [1.82, 2.24) is 10.6 Å². The minimum atomic E-state index is -0.571. The summed E-state index contributed by atoms with van der Waals surface area (Å²) in [5, 5.41) is 9.19. The van der Waals surface area contributed by atoms with Crippen LogP contribution in [0, 0.1) is 0 Å². The van der Waals surface area contributed by atoms with Crippen LogP contribution in [0.25, 0.3) is 6.08 Å². The molecule has 0 aromatic heterocycles. The molecule has 0 radical (unpaired) electrons. The molecule has 4 rings (SSSR count). The molecule has 7 heteroatoms. The van der Waals surface area contributed by atoms with E-state index in [9.17, 15) is 9.59 Å². The first kappa shape index (κ1) is 27.2. The number of nitrogens with one attached hydrogen (secondary N) is 3. The molecule has 0 saturated carbocycles. The first-order chi connectivity index (χ1) is 19.0. The lowest BCUT2D eigenvalue weighted by Gasteiger charge is -2.19. The molecule has 1 atom stereocenters. The van der Waals surface area contributed by atoms with Gasteiger partial charge in [-0.25, -0.2) is 0 Å². The van der Waals surface area contributed by atoms with E-state index < -0.39 is 6.04 Å². The van der Waals surface area contributed by atoms with Gasteiger partial charge in [-0.3, -0.25) is 14.9 Å². The van der Waals surface area contributed by atoms with Crippen LogP contribution in [0.3, 0.4) is 0 Å². The highest BCUT2D eigenvalue weighted by atomic mass is 16.5. The molecule has 0 heterocycles. The molecule has 4 aromatic carbocycles. The summed E-state index contributed by atoms with van der Waals surface area (Å²) in [6.45, 7) is 0.931. The van der Waals surface area contributed by atoms with Gasteiger partial charge < -0.3 is 21.1 Å². The van der Waals surface area contributed by atoms with E-state index in [1.165, 1.54) is 6.08 Å². The van der Waals surface area contributed by atoms with E-state index in [1.807, 2.05) is 91.0 Å². The number of hydrogen-bond donors (Lipinski definition) is 4. The first-order valence-corrected chi connectivity index (χ1v) is 12.6. The maximum atomic E-state index is 13.3. The van der Waals surface area contributed by atoms with Crippen molar-refractivity contribution in [3.05, 3.63) is 131 Å². The molecule has 1 unspecified atom stereocenters. The van der Waals surface area contributed by atoms with E-state index in [0.29, 0.717) is 24.5 Å². The second kappa shape index (κ2) is 13.6. The fraction of sp³-hybridized carbons (Fsp3) is 0.125. The number of methoxy groups -OCH3 is 1. The zero-order valence-corrected chi connectivity index (χ0v) is 21.8. The summed E-state index contributed by atoms with van der Waals surface area (Å²) in [6, 6.07) is 31.6. The topological polar surface area (TPSA) is 105 Å². The Morgan fingerprint density at radius 2 is 1.49 bits per heavy atom. The van der Waals surface area contributed by atoms with Gasteiger partial charge in [0.15, 0.2) is 0 Å². The zero-order valence-electron chi connectivity index (χ0n) is 21.8. The highest BCUT2D eigenvalue weighted by Crippen LogP contribution is 2.19. The Bertz CT molecular complexity index is 1400. The van der Waals surface area contributed by atoms with Crippen LogP contribution >= 0.6 is 0 Å². The van der Waals surface area contributed by atoms with Gasteiger partial charge in [-0.1, -0.05) is 78.9 Å². The number of carbonyl (C=O) groups is 2. The van der Waals surface area contributed by atoms with Gasteiger partial charge in [-0.2, -0.15) is 0 Å². The monoisotopic (exact) mass is 520 g/mol. The lowest BCUT2D eigenvalue weighted by Crippen LogP contribution is -2.37. The predicted octanol–water partition coefficient (Wildman–Crippen LogP) is 5.08. The summed E-state index contributed by atoms with van der Waals surface area (Å²) in [5.74, 6) is 0.368. The summed E-state index contributed by atoms with van der Waals surface area (Å²) < 4.78 is 5.24. The number of rotatable bonds is 11. The lowest BCUT2D eigenvalue weighted by atomic mass is 10.0. The summed E-state index contributed by atoms with van der Waals surface area (Å²) in [4.78, 5) is 25.6. The summed E-state index contributed by atoms with van der Waals surface area (Å²) in [6.07, 6.45) is 3.17. The zero-order chi connectivity index (χ0) is 27.5. The number of amides is 2. The molecular formula is C32H32N4O3. The minimum Gasteiger partial charge on any atom is -0.497 e. The highest BCUT2D eigenvalue weighted by Gasteiger charge is 2.20. The number of para-hydroxylation sites is 2. The Hall–Kier alpha value is -4.88. The minimum absolute atomic E-state index is 0.129. The average Bonchev–Trinajstić information content (AvgIpc) is 2.98. The van der Waals surface area contributed by atoms with Crippen LogP contribution in [0.15, 0.2) is 109 Å². The van der Waals surface area contributed by atoms with Gasteiger partial charge in [0.25, 0.3) is 0 Å². The van der Waals surface area contributed by atoms with Gasteiger partial charge in [0.1, 0.15) is 11.8 Å². The average molecular weight is 521 g/mol. The van der Waals surface area contributed by atoms with E-state index in [2.05, 4.69) is 16.0 Å². The van der Waals surface area contributed by atoms with Crippen molar-refractivity contribution in [2.45, 2.75) is 19.1 Å². The van der Waals surface area contributed by atoms with Crippen molar-refractivity contribution >= 4 is 29.3 Å². The van der Waals surface area contributed by atoms with Crippen LogP contribution < -0.4 is 26.4 Å². The Morgan fingerprint density at radius 1 is 0.821 bits per heavy atom. The third kappa shape index (κ3) is 8.05. The number of anilines is 2. The van der Waals surface area contributed by atoms with Gasteiger partial charge in [-0.15, -0.1) is 0 Å². The number of nitrogen functional groups attached to an aromatic ring is 1. The molecule has 0 aliphatic rings. The first-order valence-electron chi connectivity index (χ1n) is 12.6. The quantitative estimate of drug-likeness (QED) is 0.163. The number of nitrogens with two attached hydrogens (primary N) is 1. The second-order valence-electron chi connectivity index (χ2n) is 8.94. The number of carbonyl (C=O) groups excluding carboxylic acids is 2. The standard InChI is InChI=1S/C32H32N4O3/c1-39-27-18-13-25(14-19-27)21-34-31(32(38)35-22-24-7-3-2-4-8-24)26-16-11-23(12-17-26)15-20-30(37)36-29-10-6-5-9-28(29)33/h2-20,31,34H,21-22,33H2,1H3,(H,35,38)(H,36,37)/b20-15+. The number of ether oxygens (including phenoxy) is 1. The van der Waals surface area contributed by atoms with E-state index in [-0.39, 0.29) is 11.8 Å². The molecule has 0 fully saturated rings. The van der Waals surface area contributed by atoms with E-state index >= 15 is 0 Å². The van der Waals surface area contributed by atoms with Gasteiger partial charge in [0, 0.05) is 19.2 Å². The molecule has 2 amide bonds. The Balaban J connectivity index is 1.44. The highest BCUT2D eigenvalue weighted by molar-refractivity contribution is 6.03. The van der Waals surface area contributed by atoms with Crippen molar-refractivity contribution in [3.8, 4) is 5.75 Å². The maximum absolute atomic E-state index is 13.3. The third-order valence-corrected chi connectivity index (χ3v) is 6.16. The van der Waals surface area contributed by atoms with Crippen LogP contribution in [0.4, 0.5) is 11.4 Å². The fourth-order valence-corrected chi connectivity index (χ4v) is 3.97. The van der Waals surface area contributed by atoms with E-state index in [1.54, 1.807) is 25.3 Å². The normalized spacial score (nSPS) is 11.6. The molecule has 0 saturated heterocycles. The summed E-state index contributed by atoms with van der Waals surface area (Å²) in [5.41, 5.74) is 10.7. The van der Waals surface area contributed by atoms with Crippen molar-refractivity contribution in [3.63, 3.8) is 0 Å². The second-order valence-corrected chi connectivity index (χ2v) is 8.94. The smallest absolute Gasteiger partial charge is 0.248 e. The van der Waals surface area contributed by atoms with E-state index in [0.717, 1.165) is 28.0 Å². The van der Waals surface area contributed by atoms with Gasteiger partial charge in [0.2, 0.25) is 11.8 Å². The molecular weight excluding hydrogens is 488 g/mol. The van der Waals surface area contributed by atoms with Crippen LogP contribution in [-0.2, 0) is 22.7 Å². The summed E-state index contributed by atoms with van der Waals surface area (Å²) in [7, 11) is 1.63. The Kier molecular flexibility index (Phi) is 9.47. The van der Waals surface area contributed by atoms with Crippen LogP contribution in [0.1, 0.15) is 28.3 Å². The van der Waals surface area contributed by atoms with Crippen LogP contribution in [0.2, 0.25) is 0 Å². The lowest BCUT2D eigenvalue weighted by molar-refractivity contribution is -0.123. The molecule has 0 spiro atoms. The van der Waals surface area contributed by atoms with Gasteiger partial charge in [0.05, 0.1) is 18.5 Å². The van der Waals surface area contributed by atoms with Gasteiger partial charge >= 0.3 is 0 Å². The Labute approximate surface area is 228 Å². The molecule has 39 heavy (non-hydrogen) atoms. The Morgan fingerprint density at radius 3 is 2.18 bits per heavy atom. The maximum Gasteiger partial charge on any atom is 0.248 e. The van der Waals surface area contributed by atoms with Crippen molar-refractivity contribution in [1.29, 1.82) is 0 Å². The van der Waals surface area contributed by atoms with Crippen molar-refractivity contribution in [2.24, 2.45) is 0 Å². The largest absolute Gasteiger partial charge is 0.497 e. The molecule has 4 aromatic rings. The molecule has 198 valence electrons. The fourth-order valence-electron chi connectivity index (χ4n) is 3.97. The molecule has 0 aliphatic heterocycles. The molecule has 0 aliphatic carbocycles. The molecule has 7 nitrogen and oxygen atoms in total. The van der Waals surface area contributed by atoms with Crippen LogP contribution in [0.5, 0.6) is 5.75 Å². The van der Waals surface area contributed by atoms with Crippen molar-refractivity contribution in [2.75, 3.05) is 18.2 Å². The number of benzene rings is 4. The molecule has 0 bridgehead atoms. The van der Waals surface area contributed by atoms with E-state index in [4.69, 9.17) is 10.5 Å². The summed E-state index contributed by atoms with van der Waals surface area (Å²) >= 11 is 0. The molecule has 5 N–H and O–H groups in total. The number of hydrogen-bond acceptors (Lipinski definition) is 5. The predicted molar refractivity (Wildman–Crippen MR) is 156 cm³/mol. The van der Waals surface area contributed by atoms with Crippen molar-refractivity contribution < 1.29 is 14.3 Å². The van der Waals surface area contributed by atoms with Gasteiger partial charge in [-0.05, 0) is 52.6 Å². The van der Waals surface area contributed by atoms with Crippen LogP contribution in [-0.4, -0.2) is 18.9 Å².